The molecule has 0 radical (unpaired) electrons. The Morgan fingerprint density at radius 1 is 1.18 bits per heavy atom. The average Bonchev–Trinajstić information content (AvgIpc) is 2.19. The molecule has 1 aromatic carbocycles. The second-order valence-electron chi connectivity index (χ2n) is 5.24. The quantitative estimate of drug-likeness (QED) is 0.573. The molecule has 2 heteroatoms. The first-order chi connectivity index (χ1) is 7.78. The van der Waals surface area contributed by atoms with Gasteiger partial charge in [0.1, 0.15) is 5.60 Å². The maximum atomic E-state index is 11.7. The maximum absolute atomic E-state index is 11.7. The number of benzene rings is 1. The Morgan fingerprint density at radius 3 is 2.18 bits per heavy atom. The molecule has 0 N–H and O–H groups in total. The van der Waals surface area contributed by atoms with Crippen LogP contribution in [0.5, 0.6) is 0 Å². The molecule has 1 rings (SSSR count). The number of ether oxygens (including phenoxy) is 1. The van der Waals surface area contributed by atoms with Gasteiger partial charge in [-0.3, -0.25) is 0 Å². The molecule has 0 heterocycles. The molecule has 0 bridgehead atoms. The summed E-state index contributed by atoms with van der Waals surface area (Å²) in [6, 6.07) is 8.02. The van der Waals surface area contributed by atoms with Gasteiger partial charge in [0.15, 0.2) is 0 Å². The van der Waals surface area contributed by atoms with E-state index in [4.69, 9.17) is 4.74 Å². The van der Waals surface area contributed by atoms with Crippen LogP contribution < -0.4 is 0 Å². The predicted molar refractivity (Wildman–Crippen MR) is 70.7 cm³/mol. The molecule has 0 fully saturated rings. The lowest BCUT2D eigenvalue weighted by molar-refractivity contribution is -0.149. The van der Waals surface area contributed by atoms with E-state index in [9.17, 15) is 4.79 Å². The standard InChI is InChI=1S/C15H20O2/c1-11-6-8-13(9-7-11)10-12(2)14(16)17-15(3,4)5/h6-10H,1-5H3/b12-10+. The highest BCUT2D eigenvalue weighted by molar-refractivity contribution is 5.93. The Balaban J connectivity index is 2.79. The van der Waals surface area contributed by atoms with Gasteiger partial charge >= 0.3 is 5.97 Å². The lowest BCUT2D eigenvalue weighted by Gasteiger charge is -2.19. The minimum atomic E-state index is -0.445. The van der Waals surface area contributed by atoms with E-state index in [0.717, 1.165) is 5.56 Å². The third-order valence-electron chi connectivity index (χ3n) is 2.18. The SMILES string of the molecule is C/C(=C\c1ccc(C)cc1)C(=O)OC(C)(C)C. The molecule has 92 valence electrons. The Bertz CT molecular complexity index is 419. The number of aryl methyl sites for hydroxylation is 1. The molecule has 0 aliphatic heterocycles. The van der Waals surface area contributed by atoms with Crippen LogP contribution in [-0.4, -0.2) is 11.6 Å². The molecule has 0 aliphatic carbocycles. The minimum absolute atomic E-state index is 0.266. The summed E-state index contributed by atoms with van der Waals surface area (Å²) in [6.45, 7) is 9.40. The lowest BCUT2D eigenvalue weighted by Crippen LogP contribution is -2.24. The van der Waals surface area contributed by atoms with Crippen LogP contribution in [0.2, 0.25) is 0 Å². The summed E-state index contributed by atoms with van der Waals surface area (Å²) in [4.78, 5) is 11.7. The fourth-order valence-electron chi connectivity index (χ4n) is 1.33. The molecular formula is C15H20O2. The monoisotopic (exact) mass is 232 g/mol. The molecule has 0 aliphatic rings. The second kappa shape index (κ2) is 5.17. The van der Waals surface area contributed by atoms with Crippen molar-refractivity contribution in [3.05, 3.63) is 41.0 Å². The van der Waals surface area contributed by atoms with Crippen LogP contribution in [0.15, 0.2) is 29.8 Å². The van der Waals surface area contributed by atoms with Crippen LogP contribution in [0.3, 0.4) is 0 Å². The van der Waals surface area contributed by atoms with Crippen LogP contribution >= 0.6 is 0 Å². The van der Waals surface area contributed by atoms with Crippen molar-refractivity contribution in [2.45, 2.75) is 40.2 Å². The van der Waals surface area contributed by atoms with E-state index in [0.29, 0.717) is 5.57 Å². The highest BCUT2D eigenvalue weighted by Gasteiger charge is 2.17. The zero-order valence-corrected chi connectivity index (χ0v) is 11.2. The zero-order chi connectivity index (χ0) is 13.1. The van der Waals surface area contributed by atoms with Crippen molar-refractivity contribution < 1.29 is 9.53 Å². The first-order valence-electron chi connectivity index (χ1n) is 5.76. The molecule has 0 unspecified atom stereocenters. The Morgan fingerprint density at radius 2 is 1.71 bits per heavy atom. The molecule has 2 nitrogen and oxygen atoms in total. The summed E-state index contributed by atoms with van der Waals surface area (Å²) in [7, 11) is 0. The highest BCUT2D eigenvalue weighted by atomic mass is 16.6. The van der Waals surface area contributed by atoms with Gasteiger partial charge < -0.3 is 4.74 Å². The molecule has 0 atom stereocenters. The molecule has 0 saturated heterocycles. The van der Waals surface area contributed by atoms with E-state index in [2.05, 4.69) is 0 Å². The van der Waals surface area contributed by atoms with Gasteiger partial charge in [0.05, 0.1) is 0 Å². The summed E-state index contributed by atoms with van der Waals surface area (Å²) in [5.74, 6) is -0.266. The number of rotatable bonds is 2. The van der Waals surface area contributed by atoms with E-state index < -0.39 is 5.60 Å². The number of hydrogen-bond donors (Lipinski definition) is 0. The van der Waals surface area contributed by atoms with Gasteiger partial charge in [-0.15, -0.1) is 0 Å². The van der Waals surface area contributed by atoms with Gasteiger partial charge in [-0.2, -0.15) is 0 Å². The van der Waals surface area contributed by atoms with Gasteiger partial charge in [0.25, 0.3) is 0 Å². The third-order valence-corrected chi connectivity index (χ3v) is 2.18. The fraction of sp³-hybridized carbons (Fsp3) is 0.400. The van der Waals surface area contributed by atoms with Crippen molar-refractivity contribution in [1.29, 1.82) is 0 Å². The molecule has 0 aromatic heterocycles. The van der Waals surface area contributed by atoms with E-state index in [1.54, 1.807) is 6.92 Å². The summed E-state index contributed by atoms with van der Waals surface area (Å²) < 4.78 is 5.29. The molecular weight excluding hydrogens is 212 g/mol. The van der Waals surface area contributed by atoms with Crippen LogP contribution in [0.4, 0.5) is 0 Å². The lowest BCUT2D eigenvalue weighted by atomic mass is 10.1. The topological polar surface area (TPSA) is 26.3 Å². The summed E-state index contributed by atoms with van der Waals surface area (Å²) in [5.41, 5.74) is 2.39. The Hall–Kier alpha value is -1.57. The van der Waals surface area contributed by atoms with Crippen molar-refractivity contribution >= 4 is 12.0 Å². The van der Waals surface area contributed by atoms with E-state index >= 15 is 0 Å². The number of esters is 1. The van der Waals surface area contributed by atoms with Gasteiger partial charge in [-0.05, 0) is 46.3 Å². The maximum Gasteiger partial charge on any atom is 0.334 e. The zero-order valence-electron chi connectivity index (χ0n) is 11.2. The number of hydrogen-bond acceptors (Lipinski definition) is 2. The summed E-state index contributed by atoms with van der Waals surface area (Å²) >= 11 is 0. The number of carbonyl (C=O) groups excluding carboxylic acids is 1. The molecule has 0 amide bonds. The van der Waals surface area contributed by atoms with E-state index in [-0.39, 0.29) is 5.97 Å². The molecule has 0 spiro atoms. The normalized spacial score (nSPS) is 12.4. The van der Waals surface area contributed by atoms with Crippen molar-refractivity contribution in [3.63, 3.8) is 0 Å². The second-order valence-corrected chi connectivity index (χ2v) is 5.24. The molecule has 17 heavy (non-hydrogen) atoms. The average molecular weight is 232 g/mol. The first-order valence-corrected chi connectivity index (χ1v) is 5.76. The van der Waals surface area contributed by atoms with Gasteiger partial charge in [-0.1, -0.05) is 29.8 Å². The van der Waals surface area contributed by atoms with Crippen molar-refractivity contribution in [2.75, 3.05) is 0 Å². The van der Waals surface area contributed by atoms with Crippen molar-refractivity contribution in [1.82, 2.24) is 0 Å². The Labute approximate surface area is 103 Å². The minimum Gasteiger partial charge on any atom is -0.457 e. The van der Waals surface area contributed by atoms with Gasteiger partial charge in [0, 0.05) is 5.57 Å². The van der Waals surface area contributed by atoms with Crippen LogP contribution in [0.1, 0.15) is 38.8 Å². The highest BCUT2D eigenvalue weighted by Crippen LogP contribution is 2.13. The van der Waals surface area contributed by atoms with Crippen molar-refractivity contribution in [2.24, 2.45) is 0 Å². The predicted octanol–water partition coefficient (Wildman–Crippen LogP) is 3.74. The van der Waals surface area contributed by atoms with Crippen LogP contribution in [-0.2, 0) is 9.53 Å². The van der Waals surface area contributed by atoms with Gasteiger partial charge in [-0.25, -0.2) is 4.79 Å². The summed E-state index contributed by atoms with van der Waals surface area (Å²) in [5, 5.41) is 0. The fourth-order valence-corrected chi connectivity index (χ4v) is 1.33. The van der Waals surface area contributed by atoms with Crippen LogP contribution in [0.25, 0.3) is 6.08 Å². The largest absolute Gasteiger partial charge is 0.457 e. The summed E-state index contributed by atoms with van der Waals surface area (Å²) in [6.07, 6.45) is 1.84. The molecule has 0 saturated carbocycles. The van der Waals surface area contributed by atoms with E-state index in [1.165, 1.54) is 5.56 Å². The van der Waals surface area contributed by atoms with E-state index in [1.807, 2.05) is 58.0 Å². The van der Waals surface area contributed by atoms with Gasteiger partial charge in [0.2, 0.25) is 0 Å². The first kappa shape index (κ1) is 13.5. The van der Waals surface area contributed by atoms with Crippen LogP contribution in [0, 0.1) is 6.92 Å². The Kier molecular flexibility index (Phi) is 4.11. The molecule has 1 aromatic rings. The third kappa shape index (κ3) is 4.85. The number of carbonyl (C=O) groups is 1. The smallest absolute Gasteiger partial charge is 0.334 e. The van der Waals surface area contributed by atoms with Crippen molar-refractivity contribution in [3.8, 4) is 0 Å².